The molecule has 0 atom stereocenters. The van der Waals surface area contributed by atoms with Gasteiger partial charge in [-0.3, -0.25) is 4.79 Å². The van der Waals surface area contributed by atoms with E-state index in [1.54, 1.807) is 0 Å². The summed E-state index contributed by atoms with van der Waals surface area (Å²) in [4.78, 5) is 16.8. The van der Waals surface area contributed by atoms with E-state index in [4.69, 9.17) is 10.2 Å². The van der Waals surface area contributed by atoms with Gasteiger partial charge in [-0.25, -0.2) is 4.98 Å². The van der Waals surface area contributed by atoms with Crippen LogP contribution in [-0.4, -0.2) is 16.9 Å². The summed E-state index contributed by atoms with van der Waals surface area (Å²) in [5, 5.41) is 6.81. The van der Waals surface area contributed by atoms with Gasteiger partial charge in [0.25, 0.3) is 5.91 Å². The highest BCUT2D eigenvalue weighted by molar-refractivity contribution is 7.18. The first-order valence-electron chi connectivity index (χ1n) is 6.98. The Morgan fingerprint density at radius 3 is 2.95 bits per heavy atom. The second-order valence-electron chi connectivity index (χ2n) is 5.20. The van der Waals surface area contributed by atoms with Crippen molar-refractivity contribution < 1.29 is 9.21 Å². The van der Waals surface area contributed by atoms with Crippen molar-refractivity contribution >= 4 is 28.2 Å². The van der Waals surface area contributed by atoms with Crippen molar-refractivity contribution in [3.8, 4) is 0 Å². The summed E-state index contributed by atoms with van der Waals surface area (Å²) >= 11 is 1.30. The molecule has 0 unspecified atom stereocenters. The average molecular weight is 306 g/mol. The van der Waals surface area contributed by atoms with E-state index in [9.17, 15) is 4.79 Å². The van der Waals surface area contributed by atoms with Gasteiger partial charge in [-0.1, -0.05) is 11.3 Å². The summed E-state index contributed by atoms with van der Waals surface area (Å²) in [7, 11) is 0. The predicted octanol–water partition coefficient (Wildman–Crippen LogP) is 2.52. The van der Waals surface area contributed by atoms with Crippen molar-refractivity contribution in [1.82, 2.24) is 10.3 Å². The molecule has 2 heterocycles. The predicted molar refractivity (Wildman–Crippen MR) is 82.4 cm³/mol. The van der Waals surface area contributed by atoms with Gasteiger partial charge in [-0.2, -0.15) is 0 Å². The number of aromatic nitrogens is 1. The van der Waals surface area contributed by atoms with Gasteiger partial charge in [-0.05, 0) is 38.3 Å². The zero-order chi connectivity index (χ0) is 14.8. The van der Waals surface area contributed by atoms with Crippen LogP contribution in [0.1, 0.15) is 40.5 Å². The fraction of sp³-hybridized carbons (Fsp3) is 0.429. The largest absolute Gasteiger partial charge is 0.465 e. The molecule has 4 N–H and O–H groups in total. The number of thiazole rings is 1. The van der Waals surface area contributed by atoms with Crippen molar-refractivity contribution in [2.45, 2.75) is 38.8 Å². The monoisotopic (exact) mass is 306 g/mol. The summed E-state index contributed by atoms with van der Waals surface area (Å²) in [5.74, 6) is 1.59. The van der Waals surface area contributed by atoms with Crippen LogP contribution in [0.25, 0.3) is 0 Å². The zero-order valence-corrected chi connectivity index (χ0v) is 12.6. The molecule has 0 radical (unpaired) electrons. The van der Waals surface area contributed by atoms with E-state index in [1.165, 1.54) is 17.8 Å². The van der Waals surface area contributed by atoms with Crippen molar-refractivity contribution in [3.63, 3.8) is 0 Å². The highest BCUT2D eigenvalue weighted by atomic mass is 32.1. The Morgan fingerprint density at radius 2 is 2.33 bits per heavy atom. The molecular formula is C14H18N4O2S. The first-order chi connectivity index (χ1) is 10.1. The lowest BCUT2D eigenvalue weighted by molar-refractivity contribution is 0.0952. The van der Waals surface area contributed by atoms with Gasteiger partial charge in [0, 0.05) is 6.04 Å². The summed E-state index contributed by atoms with van der Waals surface area (Å²) in [5.41, 5.74) is 5.83. The second-order valence-corrected chi connectivity index (χ2v) is 6.20. The molecule has 1 fully saturated rings. The van der Waals surface area contributed by atoms with Gasteiger partial charge in [0.05, 0.1) is 6.54 Å². The zero-order valence-electron chi connectivity index (χ0n) is 11.8. The number of carbonyl (C=O) groups excluding carboxylic acids is 1. The normalized spacial score (nSPS) is 14.7. The number of carbonyl (C=O) groups is 1. The number of nitrogens with zero attached hydrogens (tertiary/aromatic N) is 1. The lowest BCUT2D eigenvalue weighted by Crippen LogP contribution is -2.26. The van der Waals surface area contributed by atoms with Crippen molar-refractivity contribution in [1.29, 1.82) is 0 Å². The highest BCUT2D eigenvalue weighted by Gasteiger charge is 2.21. The van der Waals surface area contributed by atoms with Gasteiger partial charge in [0.15, 0.2) is 5.13 Å². The number of hydrogen-bond donors (Lipinski definition) is 3. The SMILES string of the molecule is Cc1ccc(CNC(=O)c2sc(NC3CCC3)nc2N)o1. The third kappa shape index (κ3) is 3.18. The molecule has 1 aliphatic rings. The highest BCUT2D eigenvalue weighted by Crippen LogP contribution is 2.29. The molecule has 1 amide bonds. The summed E-state index contributed by atoms with van der Waals surface area (Å²) in [6, 6.07) is 4.18. The molecule has 6 nitrogen and oxygen atoms in total. The summed E-state index contributed by atoms with van der Waals surface area (Å²) in [6.07, 6.45) is 3.55. The Morgan fingerprint density at radius 1 is 1.52 bits per heavy atom. The van der Waals surface area contributed by atoms with Crippen LogP contribution in [0.3, 0.4) is 0 Å². The fourth-order valence-corrected chi connectivity index (χ4v) is 2.99. The minimum Gasteiger partial charge on any atom is -0.465 e. The molecule has 2 aromatic heterocycles. The third-order valence-corrected chi connectivity index (χ3v) is 4.51. The van der Waals surface area contributed by atoms with E-state index >= 15 is 0 Å². The van der Waals surface area contributed by atoms with Crippen LogP contribution in [0.5, 0.6) is 0 Å². The number of nitrogen functional groups attached to an aromatic ring is 1. The van der Waals surface area contributed by atoms with E-state index in [2.05, 4.69) is 15.6 Å². The molecule has 1 saturated carbocycles. The molecule has 0 aliphatic heterocycles. The van der Waals surface area contributed by atoms with Crippen LogP contribution < -0.4 is 16.4 Å². The van der Waals surface area contributed by atoms with Gasteiger partial charge in [0.2, 0.25) is 0 Å². The quantitative estimate of drug-likeness (QED) is 0.789. The Hall–Kier alpha value is -2.02. The van der Waals surface area contributed by atoms with E-state index in [-0.39, 0.29) is 11.7 Å². The number of anilines is 2. The number of furan rings is 1. The van der Waals surface area contributed by atoms with Crippen LogP contribution in [0.15, 0.2) is 16.5 Å². The van der Waals surface area contributed by atoms with Gasteiger partial charge in [-0.15, -0.1) is 0 Å². The molecule has 112 valence electrons. The Kier molecular flexibility index (Phi) is 3.83. The smallest absolute Gasteiger partial charge is 0.265 e. The van der Waals surface area contributed by atoms with Crippen molar-refractivity contribution in [2.75, 3.05) is 11.1 Å². The van der Waals surface area contributed by atoms with Crippen LogP contribution in [0.2, 0.25) is 0 Å². The van der Waals surface area contributed by atoms with Gasteiger partial charge < -0.3 is 20.8 Å². The maximum Gasteiger partial charge on any atom is 0.265 e. The molecular weight excluding hydrogens is 288 g/mol. The lowest BCUT2D eigenvalue weighted by Gasteiger charge is -2.25. The first-order valence-corrected chi connectivity index (χ1v) is 7.80. The summed E-state index contributed by atoms with van der Waals surface area (Å²) in [6.45, 7) is 2.21. The molecule has 3 rings (SSSR count). The standard InChI is InChI=1S/C14H18N4O2S/c1-8-5-6-10(20-8)7-16-13(19)11-12(15)18-14(21-11)17-9-3-2-4-9/h5-6,9H,2-4,7,15H2,1H3,(H,16,19)(H,17,18). The number of aryl methyl sites for hydroxylation is 1. The maximum atomic E-state index is 12.1. The minimum absolute atomic E-state index is 0.222. The molecule has 21 heavy (non-hydrogen) atoms. The Labute approximate surface area is 126 Å². The first kappa shape index (κ1) is 13.9. The van der Waals surface area contributed by atoms with E-state index < -0.39 is 0 Å². The maximum absolute atomic E-state index is 12.1. The topological polar surface area (TPSA) is 93.2 Å². The Balaban J connectivity index is 1.60. The van der Waals surface area contributed by atoms with Crippen LogP contribution in [0.4, 0.5) is 10.9 Å². The molecule has 2 aromatic rings. The molecule has 0 saturated heterocycles. The van der Waals surface area contributed by atoms with Crippen molar-refractivity contribution in [2.24, 2.45) is 0 Å². The van der Waals surface area contributed by atoms with Gasteiger partial charge >= 0.3 is 0 Å². The van der Waals surface area contributed by atoms with E-state index in [0.29, 0.717) is 17.5 Å². The molecule has 0 spiro atoms. The molecule has 1 aliphatic carbocycles. The number of nitrogens with one attached hydrogen (secondary N) is 2. The van der Waals surface area contributed by atoms with Gasteiger partial charge in [0.1, 0.15) is 22.2 Å². The van der Waals surface area contributed by atoms with Crippen LogP contribution in [-0.2, 0) is 6.54 Å². The van der Waals surface area contributed by atoms with E-state index in [0.717, 1.165) is 29.5 Å². The third-order valence-electron chi connectivity index (χ3n) is 3.51. The lowest BCUT2D eigenvalue weighted by atomic mass is 9.93. The minimum atomic E-state index is -0.222. The Bertz CT molecular complexity index is 645. The number of rotatable bonds is 5. The molecule has 0 aromatic carbocycles. The number of hydrogen-bond acceptors (Lipinski definition) is 6. The number of nitrogens with two attached hydrogens (primary N) is 1. The molecule has 0 bridgehead atoms. The second kappa shape index (κ2) is 5.77. The summed E-state index contributed by atoms with van der Waals surface area (Å²) < 4.78 is 5.41. The van der Waals surface area contributed by atoms with Crippen LogP contribution in [0, 0.1) is 6.92 Å². The van der Waals surface area contributed by atoms with Crippen LogP contribution >= 0.6 is 11.3 Å². The number of amides is 1. The average Bonchev–Trinajstić information content (AvgIpc) is 2.97. The molecule has 7 heteroatoms. The van der Waals surface area contributed by atoms with Crippen molar-refractivity contribution in [3.05, 3.63) is 28.5 Å². The fourth-order valence-electron chi connectivity index (χ4n) is 2.11. The van der Waals surface area contributed by atoms with E-state index in [1.807, 2.05) is 19.1 Å².